The van der Waals surface area contributed by atoms with E-state index >= 15 is 0 Å². The number of aliphatic hydroxyl groups excluding tert-OH is 1. The predicted octanol–water partition coefficient (Wildman–Crippen LogP) is 3.20. The standard InChI is InChI=1S/C16H25NO3/c1-5-12(11(2)3)9-16(19)17-14-6-7-15(20-4)13(8-14)10-18/h6-8,11-12,18H,5,9-10H2,1-4H3,(H,17,19). The number of nitrogens with one attached hydrogen (secondary N) is 1. The maximum absolute atomic E-state index is 12.0. The summed E-state index contributed by atoms with van der Waals surface area (Å²) in [6.45, 7) is 6.27. The van der Waals surface area contributed by atoms with Gasteiger partial charge in [-0.2, -0.15) is 0 Å². The van der Waals surface area contributed by atoms with E-state index in [9.17, 15) is 9.90 Å². The average molecular weight is 279 g/mol. The van der Waals surface area contributed by atoms with Crippen LogP contribution in [0.1, 0.15) is 39.2 Å². The van der Waals surface area contributed by atoms with Crippen molar-refractivity contribution >= 4 is 11.6 Å². The van der Waals surface area contributed by atoms with E-state index in [1.165, 1.54) is 0 Å². The molecule has 0 radical (unpaired) electrons. The first-order valence-corrected chi connectivity index (χ1v) is 7.09. The number of anilines is 1. The van der Waals surface area contributed by atoms with E-state index < -0.39 is 0 Å². The number of amides is 1. The molecule has 0 aromatic heterocycles. The van der Waals surface area contributed by atoms with Crippen LogP contribution >= 0.6 is 0 Å². The van der Waals surface area contributed by atoms with Crippen molar-refractivity contribution in [2.75, 3.05) is 12.4 Å². The minimum atomic E-state index is -0.115. The summed E-state index contributed by atoms with van der Waals surface area (Å²) >= 11 is 0. The van der Waals surface area contributed by atoms with Gasteiger partial charge in [-0.15, -0.1) is 0 Å². The van der Waals surface area contributed by atoms with Crippen LogP contribution in [0.2, 0.25) is 0 Å². The summed E-state index contributed by atoms with van der Waals surface area (Å²) in [6, 6.07) is 5.28. The number of benzene rings is 1. The zero-order chi connectivity index (χ0) is 15.1. The lowest BCUT2D eigenvalue weighted by Crippen LogP contribution is -2.19. The van der Waals surface area contributed by atoms with Gasteiger partial charge in [0, 0.05) is 17.7 Å². The Hall–Kier alpha value is -1.55. The highest BCUT2D eigenvalue weighted by Gasteiger charge is 2.16. The van der Waals surface area contributed by atoms with Crippen LogP contribution in [0, 0.1) is 11.8 Å². The summed E-state index contributed by atoms with van der Waals surface area (Å²) in [4.78, 5) is 12.0. The Balaban J connectivity index is 2.71. The van der Waals surface area contributed by atoms with Crippen molar-refractivity contribution in [3.63, 3.8) is 0 Å². The molecule has 1 aromatic carbocycles. The van der Waals surface area contributed by atoms with Gasteiger partial charge < -0.3 is 15.2 Å². The molecule has 0 heterocycles. The monoisotopic (exact) mass is 279 g/mol. The smallest absolute Gasteiger partial charge is 0.224 e. The van der Waals surface area contributed by atoms with E-state index in [-0.39, 0.29) is 12.5 Å². The molecule has 1 unspecified atom stereocenters. The summed E-state index contributed by atoms with van der Waals surface area (Å²) in [5, 5.41) is 12.2. The lowest BCUT2D eigenvalue weighted by Gasteiger charge is -2.18. The number of rotatable bonds is 7. The van der Waals surface area contributed by atoms with Crippen LogP contribution < -0.4 is 10.1 Å². The lowest BCUT2D eigenvalue weighted by atomic mass is 9.90. The van der Waals surface area contributed by atoms with Gasteiger partial charge in [0.15, 0.2) is 0 Å². The Labute approximate surface area is 121 Å². The van der Waals surface area contributed by atoms with Gasteiger partial charge in [0.2, 0.25) is 5.91 Å². The molecule has 0 saturated heterocycles. The molecule has 1 rings (SSSR count). The molecule has 0 aliphatic rings. The van der Waals surface area contributed by atoms with Gasteiger partial charge in [-0.05, 0) is 30.0 Å². The molecule has 0 saturated carbocycles. The van der Waals surface area contributed by atoms with Crippen molar-refractivity contribution in [3.8, 4) is 5.75 Å². The van der Waals surface area contributed by atoms with Gasteiger partial charge in [0.1, 0.15) is 5.75 Å². The molecule has 4 nitrogen and oxygen atoms in total. The van der Waals surface area contributed by atoms with Crippen LogP contribution in [0.5, 0.6) is 5.75 Å². The summed E-state index contributed by atoms with van der Waals surface area (Å²) in [5.74, 6) is 1.53. The number of carbonyl (C=O) groups is 1. The summed E-state index contributed by atoms with van der Waals surface area (Å²) in [7, 11) is 1.56. The van der Waals surface area contributed by atoms with E-state index in [1.54, 1.807) is 25.3 Å². The van der Waals surface area contributed by atoms with Crippen LogP contribution in [-0.4, -0.2) is 18.1 Å². The van der Waals surface area contributed by atoms with Crippen LogP contribution in [0.25, 0.3) is 0 Å². The van der Waals surface area contributed by atoms with E-state index in [2.05, 4.69) is 26.1 Å². The molecule has 0 aliphatic heterocycles. The zero-order valence-electron chi connectivity index (χ0n) is 12.8. The van der Waals surface area contributed by atoms with E-state index in [0.29, 0.717) is 35.3 Å². The quantitative estimate of drug-likeness (QED) is 0.806. The first-order valence-electron chi connectivity index (χ1n) is 7.09. The molecule has 0 spiro atoms. The molecule has 0 aliphatic carbocycles. The second-order valence-corrected chi connectivity index (χ2v) is 5.35. The highest BCUT2D eigenvalue weighted by Crippen LogP contribution is 2.24. The van der Waals surface area contributed by atoms with Crippen molar-refractivity contribution < 1.29 is 14.6 Å². The van der Waals surface area contributed by atoms with Crippen molar-refractivity contribution in [1.29, 1.82) is 0 Å². The Bertz CT molecular complexity index is 443. The van der Waals surface area contributed by atoms with Crippen molar-refractivity contribution in [2.24, 2.45) is 11.8 Å². The van der Waals surface area contributed by atoms with Crippen LogP contribution in [0.15, 0.2) is 18.2 Å². The molecular formula is C16H25NO3. The predicted molar refractivity (Wildman–Crippen MR) is 80.8 cm³/mol. The molecule has 20 heavy (non-hydrogen) atoms. The number of aliphatic hydroxyl groups is 1. The summed E-state index contributed by atoms with van der Waals surface area (Å²) in [5.41, 5.74) is 1.36. The minimum Gasteiger partial charge on any atom is -0.496 e. The molecule has 0 bridgehead atoms. The third-order valence-corrected chi connectivity index (χ3v) is 3.65. The fourth-order valence-electron chi connectivity index (χ4n) is 2.28. The number of carbonyl (C=O) groups excluding carboxylic acids is 1. The fourth-order valence-corrected chi connectivity index (χ4v) is 2.28. The van der Waals surface area contributed by atoms with Crippen LogP contribution in [0.4, 0.5) is 5.69 Å². The second-order valence-electron chi connectivity index (χ2n) is 5.35. The fraction of sp³-hybridized carbons (Fsp3) is 0.562. The molecule has 1 aromatic rings. The zero-order valence-corrected chi connectivity index (χ0v) is 12.8. The molecule has 4 heteroatoms. The number of methoxy groups -OCH3 is 1. The third kappa shape index (κ3) is 4.53. The average Bonchev–Trinajstić information content (AvgIpc) is 2.44. The Morgan fingerprint density at radius 2 is 2.10 bits per heavy atom. The first-order chi connectivity index (χ1) is 9.51. The number of hydrogen-bond acceptors (Lipinski definition) is 3. The summed E-state index contributed by atoms with van der Waals surface area (Å²) in [6.07, 6.45) is 1.52. The van der Waals surface area contributed by atoms with Crippen molar-refractivity contribution in [2.45, 2.75) is 40.2 Å². The Kier molecular flexibility index (Phi) is 6.52. The molecule has 2 N–H and O–H groups in total. The Morgan fingerprint density at radius 3 is 2.60 bits per heavy atom. The van der Waals surface area contributed by atoms with Gasteiger partial charge in [0.25, 0.3) is 0 Å². The largest absolute Gasteiger partial charge is 0.496 e. The van der Waals surface area contributed by atoms with Crippen molar-refractivity contribution in [3.05, 3.63) is 23.8 Å². The molecule has 0 fully saturated rings. The molecule has 1 atom stereocenters. The van der Waals surface area contributed by atoms with Crippen LogP contribution in [-0.2, 0) is 11.4 Å². The summed E-state index contributed by atoms with van der Waals surface area (Å²) < 4.78 is 5.14. The van der Waals surface area contributed by atoms with Gasteiger partial charge >= 0.3 is 0 Å². The minimum absolute atomic E-state index is 0.0135. The number of hydrogen-bond donors (Lipinski definition) is 2. The second kappa shape index (κ2) is 7.90. The lowest BCUT2D eigenvalue weighted by molar-refractivity contribution is -0.117. The SMILES string of the molecule is CCC(CC(=O)Nc1ccc(OC)c(CO)c1)C(C)C. The maximum atomic E-state index is 12.0. The van der Waals surface area contributed by atoms with E-state index in [4.69, 9.17) is 4.74 Å². The van der Waals surface area contributed by atoms with Crippen molar-refractivity contribution in [1.82, 2.24) is 0 Å². The highest BCUT2D eigenvalue weighted by atomic mass is 16.5. The maximum Gasteiger partial charge on any atom is 0.224 e. The molecule has 112 valence electrons. The molecule has 1 amide bonds. The highest BCUT2D eigenvalue weighted by molar-refractivity contribution is 5.91. The topological polar surface area (TPSA) is 58.6 Å². The number of ether oxygens (including phenoxy) is 1. The van der Waals surface area contributed by atoms with Gasteiger partial charge in [-0.1, -0.05) is 27.2 Å². The molecular weight excluding hydrogens is 254 g/mol. The Morgan fingerprint density at radius 1 is 1.40 bits per heavy atom. The van der Waals surface area contributed by atoms with Gasteiger partial charge in [0.05, 0.1) is 13.7 Å². The van der Waals surface area contributed by atoms with E-state index in [0.717, 1.165) is 6.42 Å². The van der Waals surface area contributed by atoms with E-state index in [1.807, 2.05) is 0 Å². The first kappa shape index (κ1) is 16.5. The third-order valence-electron chi connectivity index (χ3n) is 3.65. The van der Waals surface area contributed by atoms with Gasteiger partial charge in [-0.3, -0.25) is 4.79 Å². The van der Waals surface area contributed by atoms with Gasteiger partial charge in [-0.25, -0.2) is 0 Å². The normalized spacial score (nSPS) is 12.3. The van der Waals surface area contributed by atoms with Crippen LogP contribution in [0.3, 0.4) is 0 Å².